The monoisotopic (exact) mass is 251 g/mol. The minimum absolute atomic E-state index is 0.341. The highest BCUT2D eigenvalue weighted by molar-refractivity contribution is 8.00. The second-order valence-electron chi connectivity index (χ2n) is 5.04. The molecule has 1 aliphatic rings. The summed E-state index contributed by atoms with van der Waals surface area (Å²) in [4.78, 5) is 0. The van der Waals surface area contributed by atoms with Crippen LogP contribution in [0.15, 0.2) is 24.3 Å². The van der Waals surface area contributed by atoms with Crippen LogP contribution in [0.3, 0.4) is 0 Å². The molecule has 2 rings (SSSR count). The van der Waals surface area contributed by atoms with E-state index in [1.54, 1.807) is 12.1 Å². The van der Waals surface area contributed by atoms with Crippen LogP contribution in [0.1, 0.15) is 25.3 Å². The number of thioether (sulfide) groups is 1. The van der Waals surface area contributed by atoms with Gasteiger partial charge in [-0.15, -0.1) is 0 Å². The molecular weight excluding hydrogens is 230 g/mol. The van der Waals surface area contributed by atoms with Crippen molar-refractivity contribution in [2.45, 2.75) is 37.0 Å². The van der Waals surface area contributed by atoms with Crippen molar-refractivity contribution in [3.05, 3.63) is 29.8 Å². The van der Waals surface area contributed by atoms with Crippen LogP contribution in [-0.2, 0) is 6.42 Å². The summed E-state index contributed by atoms with van der Waals surface area (Å²) in [7, 11) is 0. The molecular formula is C14H21NOS. The van der Waals surface area contributed by atoms with Gasteiger partial charge in [0.2, 0.25) is 0 Å². The SMILES string of the molecule is CSC1(CNC(C)Cc2ccc(O)cc2)CC1. The Hall–Kier alpha value is -0.670. The third-order valence-electron chi connectivity index (χ3n) is 3.49. The van der Waals surface area contributed by atoms with Crippen molar-refractivity contribution >= 4 is 11.8 Å². The predicted octanol–water partition coefficient (Wildman–Crippen LogP) is 2.81. The standard InChI is InChI=1S/C14H21NOS/c1-11(15-10-14(17-2)7-8-14)9-12-3-5-13(16)6-4-12/h3-6,11,15-16H,7-10H2,1-2H3. The molecule has 1 fully saturated rings. The van der Waals surface area contributed by atoms with Gasteiger partial charge in [0, 0.05) is 17.3 Å². The van der Waals surface area contributed by atoms with E-state index >= 15 is 0 Å². The number of benzene rings is 1. The van der Waals surface area contributed by atoms with Gasteiger partial charge in [0.05, 0.1) is 0 Å². The molecule has 1 aromatic carbocycles. The molecule has 1 unspecified atom stereocenters. The van der Waals surface area contributed by atoms with Crippen molar-refractivity contribution in [2.24, 2.45) is 0 Å². The van der Waals surface area contributed by atoms with Gasteiger partial charge in [-0.2, -0.15) is 11.8 Å². The zero-order chi connectivity index (χ0) is 12.3. The molecule has 3 heteroatoms. The Labute approximate surface area is 108 Å². The summed E-state index contributed by atoms with van der Waals surface area (Å²) < 4.78 is 0.531. The number of rotatable bonds is 6. The van der Waals surface area contributed by atoms with Crippen LogP contribution >= 0.6 is 11.8 Å². The lowest BCUT2D eigenvalue weighted by Gasteiger charge is -2.18. The summed E-state index contributed by atoms with van der Waals surface area (Å²) in [5.74, 6) is 0.341. The lowest BCUT2D eigenvalue weighted by atomic mass is 10.1. The van der Waals surface area contributed by atoms with Crippen molar-refractivity contribution < 1.29 is 5.11 Å². The quantitative estimate of drug-likeness (QED) is 0.815. The fourth-order valence-electron chi connectivity index (χ4n) is 2.01. The van der Waals surface area contributed by atoms with Crippen LogP contribution in [0.25, 0.3) is 0 Å². The van der Waals surface area contributed by atoms with Gasteiger partial charge in [0.15, 0.2) is 0 Å². The van der Waals surface area contributed by atoms with E-state index in [0.717, 1.165) is 13.0 Å². The molecule has 0 amide bonds. The number of aromatic hydroxyl groups is 1. The molecule has 1 atom stereocenters. The van der Waals surface area contributed by atoms with E-state index < -0.39 is 0 Å². The Morgan fingerprint density at radius 2 is 2.00 bits per heavy atom. The average Bonchev–Trinajstić information content (AvgIpc) is 3.10. The van der Waals surface area contributed by atoms with Crippen LogP contribution in [0, 0.1) is 0 Å². The Bertz CT molecular complexity index is 359. The molecule has 1 aromatic rings. The summed E-state index contributed by atoms with van der Waals surface area (Å²) in [5, 5.41) is 12.8. The molecule has 1 aliphatic carbocycles. The molecule has 0 saturated heterocycles. The van der Waals surface area contributed by atoms with Gasteiger partial charge >= 0.3 is 0 Å². The van der Waals surface area contributed by atoms with Gasteiger partial charge < -0.3 is 10.4 Å². The number of hydrogen-bond acceptors (Lipinski definition) is 3. The molecule has 17 heavy (non-hydrogen) atoms. The number of nitrogens with one attached hydrogen (secondary N) is 1. The van der Waals surface area contributed by atoms with Crippen molar-refractivity contribution in [1.29, 1.82) is 0 Å². The van der Waals surface area contributed by atoms with Gasteiger partial charge in [-0.1, -0.05) is 12.1 Å². The molecule has 0 bridgehead atoms. The maximum absolute atomic E-state index is 9.22. The predicted molar refractivity (Wildman–Crippen MR) is 74.8 cm³/mol. The lowest BCUT2D eigenvalue weighted by molar-refractivity contribution is 0.474. The Morgan fingerprint density at radius 1 is 1.35 bits per heavy atom. The van der Waals surface area contributed by atoms with E-state index in [4.69, 9.17) is 0 Å². The summed E-state index contributed by atoms with van der Waals surface area (Å²) in [6, 6.07) is 7.99. The van der Waals surface area contributed by atoms with Crippen LogP contribution in [0.2, 0.25) is 0 Å². The van der Waals surface area contributed by atoms with E-state index in [9.17, 15) is 5.11 Å². The molecule has 0 heterocycles. The maximum atomic E-state index is 9.22. The van der Waals surface area contributed by atoms with E-state index in [0.29, 0.717) is 16.5 Å². The molecule has 2 nitrogen and oxygen atoms in total. The number of phenolic OH excluding ortho intramolecular Hbond substituents is 1. The highest BCUT2D eigenvalue weighted by Gasteiger charge is 2.41. The first-order chi connectivity index (χ1) is 8.13. The van der Waals surface area contributed by atoms with Crippen LogP contribution < -0.4 is 5.32 Å². The first kappa shape index (κ1) is 12.8. The molecule has 1 saturated carbocycles. The van der Waals surface area contributed by atoms with Crippen molar-refractivity contribution in [2.75, 3.05) is 12.8 Å². The topological polar surface area (TPSA) is 32.3 Å². The molecule has 0 radical (unpaired) electrons. The van der Waals surface area contributed by atoms with Gasteiger partial charge in [-0.3, -0.25) is 0 Å². The minimum Gasteiger partial charge on any atom is -0.508 e. The molecule has 0 spiro atoms. The van der Waals surface area contributed by atoms with Crippen molar-refractivity contribution in [1.82, 2.24) is 5.32 Å². The minimum atomic E-state index is 0.341. The van der Waals surface area contributed by atoms with Gasteiger partial charge in [-0.25, -0.2) is 0 Å². The molecule has 0 aliphatic heterocycles. The van der Waals surface area contributed by atoms with Gasteiger partial charge in [-0.05, 0) is 50.1 Å². The molecule has 94 valence electrons. The van der Waals surface area contributed by atoms with Crippen LogP contribution in [0.4, 0.5) is 0 Å². The van der Waals surface area contributed by atoms with Crippen LogP contribution in [-0.4, -0.2) is 28.7 Å². The number of phenols is 1. The Balaban J connectivity index is 1.77. The van der Waals surface area contributed by atoms with E-state index in [1.807, 2.05) is 23.9 Å². The van der Waals surface area contributed by atoms with E-state index in [2.05, 4.69) is 18.5 Å². The normalized spacial score (nSPS) is 18.9. The summed E-state index contributed by atoms with van der Waals surface area (Å²) in [6.45, 7) is 3.34. The number of hydrogen-bond donors (Lipinski definition) is 2. The zero-order valence-electron chi connectivity index (χ0n) is 10.6. The van der Waals surface area contributed by atoms with Crippen molar-refractivity contribution in [3.63, 3.8) is 0 Å². The fraction of sp³-hybridized carbons (Fsp3) is 0.571. The third kappa shape index (κ3) is 3.65. The first-order valence-corrected chi connectivity index (χ1v) is 7.42. The summed E-state index contributed by atoms with van der Waals surface area (Å²) >= 11 is 1.99. The van der Waals surface area contributed by atoms with Crippen LogP contribution in [0.5, 0.6) is 5.75 Å². The average molecular weight is 251 g/mol. The van der Waals surface area contributed by atoms with Gasteiger partial charge in [0.1, 0.15) is 5.75 Å². The Morgan fingerprint density at radius 3 is 2.53 bits per heavy atom. The zero-order valence-corrected chi connectivity index (χ0v) is 11.4. The maximum Gasteiger partial charge on any atom is 0.115 e. The molecule has 2 N–H and O–H groups in total. The first-order valence-electron chi connectivity index (χ1n) is 6.20. The summed E-state index contributed by atoms with van der Waals surface area (Å²) in [6.07, 6.45) is 5.93. The highest BCUT2D eigenvalue weighted by Crippen LogP contribution is 2.46. The Kier molecular flexibility index (Phi) is 4.00. The van der Waals surface area contributed by atoms with E-state index in [-0.39, 0.29) is 0 Å². The fourth-order valence-corrected chi connectivity index (χ4v) is 2.75. The van der Waals surface area contributed by atoms with E-state index in [1.165, 1.54) is 18.4 Å². The second-order valence-corrected chi connectivity index (χ2v) is 6.31. The smallest absolute Gasteiger partial charge is 0.115 e. The third-order valence-corrected chi connectivity index (χ3v) is 4.91. The summed E-state index contributed by atoms with van der Waals surface area (Å²) in [5.41, 5.74) is 1.27. The highest BCUT2D eigenvalue weighted by atomic mass is 32.2. The molecule has 0 aromatic heterocycles. The largest absolute Gasteiger partial charge is 0.508 e. The van der Waals surface area contributed by atoms with Crippen molar-refractivity contribution in [3.8, 4) is 5.75 Å². The lowest BCUT2D eigenvalue weighted by Crippen LogP contribution is -2.34. The second kappa shape index (κ2) is 5.32. The van der Waals surface area contributed by atoms with Gasteiger partial charge in [0.25, 0.3) is 0 Å².